The maximum atomic E-state index is 5.60. The molecule has 0 spiro atoms. The Morgan fingerprint density at radius 3 is 2.35 bits per heavy atom. The van der Waals surface area contributed by atoms with E-state index in [0.717, 1.165) is 17.0 Å². The first-order valence-electron chi connectivity index (χ1n) is 6.78. The van der Waals surface area contributed by atoms with Gasteiger partial charge in [-0.25, -0.2) is 0 Å². The summed E-state index contributed by atoms with van der Waals surface area (Å²) in [6, 6.07) is 17.9. The summed E-state index contributed by atoms with van der Waals surface area (Å²) in [6.45, 7) is 4.66. The quantitative estimate of drug-likeness (QED) is 0.845. The molecular formula is C18H19NO. The minimum Gasteiger partial charge on any atom is -0.491 e. The van der Waals surface area contributed by atoms with Crippen LogP contribution in [-0.4, -0.2) is 12.6 Å². The van der Waals surface area contributed by atoms with Crippen molar-refractivity contribution in [1.82, 2.24) is 0 Å². The van der Waals surface area contributed by atoms with Crippen LogP contribution in [0.15, 0.2) is 54.6 Å². The van der Waals surface area contributed by atoms with Crippen LogP contribution in [0.1, 0.15) is 19.4 Å². The fraction of sp³-hybridized carbons (Fsp3) is 0.222. The van der Waals surface area contributed by atoms with Crippen LogP contribution in [-0.2, 0) is 0 Å². The highest BCUT2D eigenvalue weighted by molar-refractivity contribution is 5.47. The van der Waals surface area contributed by atoms with Gasteiger partial charge in [0.05, 0.1) is 12.6 Å². The predicted octanol–water partition coefficient (Wildman–Crippen LogP) is 3.94. The van der Waals surface area contributed by atoms with E-state index in [1.165, 1.54) is 0 Å². The summed E-state index contributed by atoms with van der Waals surface area (Å²) in [6.07, 6.45) is 0.200. The number of hydrogen-bond acceptors (Lipinski definition) is 2. The average molecular weight is 265 g/mol. The zero-order chi connectivity index (χ0) is 14.2. The predicted molar refractivity (Wildman–Crippen MR) is 84.0 cm³/mol. The molecule has 0 bridgehead atoms. The summed E-state index contributed by atoms with van der Waals surface area (Å²) in [4.78, 5) is 0. The van der Waals surface area contributed by atoms with Crippen molar-refractivity contribution >= 4 is 5.69 Å². The molecule has 2 heteroatoms. The van der Waals surface area contributed by atoms with Gasteiger partial charge in [0, 0.05) is 11.3 Å². The molecule has 1 N–H and O–H groups in total. The van der Waals surface area contributed by atoms with Gasteiger partial charge in [0.15, 0.2) is 0 Å². The maximum absolute atomic E-state index is 5.60. The van der Waals surface area contributed by atoms with Gasteiger partial charge < -0.3 is 10.1 Å². The van der Waals surface area contributed by atoms with E-state index in [9.17, 15) is 0 Å². The van der Waals surface area contributed by atoms with Crippen molar-refractivity contribution < 1.29 is 4.74 Å². The van der Waals surface area contributed by atoms with E-state index in [1.807, 2.05) is 68.4 Å². The van der Waals surface area contributed by atoms with Gasteiger partial charge >= 0.3 is 0 Å². The standard InChI is InChI=1S/C18H19NO/c1-15(2)20-18-12-10-17(11-13-18)19-14-6-9-16-7-4-3-5-8-16/h3-5,7-8,10-13,15,19H,14H2,1-2H3. The van der Waals surface area contributed by atoms with Crippen molar-refractivity contribution in [2.45, 2.75) is 20.0 Å². The number of hydrogen-bond donors (Lipinski definition) is 1. The number of nitrogens with one attached hydrogen (secondary N) is 1. The van der Waals surface area contributed by atoms with Gasteiger partial charge in [-0.3, -0.25) is 0 Å². The van der Waals surface area contributed by atoms with Gasteiger partial charge in [-0.05, 0) is 50.2 Å². The molecule has 0 fully saturated rings. The summed E-state index contributed by atoms with van der Waals surface area (Å²) in [5, 5.41) is 3.27. The van der Waals surface area contributed by atoms with Crippen LogP contribution in [0.2, 0.25) is 0 Å². The lowest BCUT2D eigenvalue weighted by atomic mass is 10.2. The molecule has 0 heterocycles. The highest BCUT2D eigenvalue weighted by atomic mass is 16.5. The van der Waals surface area contributed by atoms with Crippen LogP contribution in [0.25, 0.3) is 0 Å². The van der Waals surface area contributed by atoms with E-state index < -0.39 is 0 Å². The molecule has 0 aromatic heterocycles. The fourth-order valence-corrected chi connectivity index (χ4v) is 1.74. The molecule has 0 aliphatic rings. The van der Waals surface area contributed by atoms with Crippen molar-refractivity contribution in [3.63, 3.8) is 0 Å². The molecule has 20 heavy (non-hydrogen) atoms. The summed E-state index contributed by atoms with van der Waals surface area (Å²) in [5.74, 6) is 7.11. The van der Waals surface area contributed by atoms with E-state index in [4.69, 9.17) is 4.74 Å². The number of anilines is 1. The normalized spacial score (nSPS) is 9.75. The third-order valence-electron chi connectivity index (χ3n) is 2.61. The van der Waals surface area contributed by atoms with Crippen molar-refractivity contribution in [3.05, 3.63) is 60.2 Å². The summed E-state index contributed by atoms with van der Waals surface area (Å²) in [5.41, 5.74) is 2.08. The fourth-order valence-electron chi connectivity index (χ4n) is 1.74. The third kappa shape index (κ3) is 4.70. The lowest BCUT2D eigenvalue weighted by molar-refractivity contribution is 0.242. The molecular weight excluding hydrogens is 246 g/mol. The molecule has 2 aromatic rings. The molecule has 0 saturated carbocycles. The van der Waals surface area contributed by atoms with E-state index in [1.54, 1.807) is 0 Å². The highest BCUT2D eigenvalue weighted by Crippen LogP contribution is 2.16. The second kappa shape index (κ2) is 7.25. The number of benzene rings is 2. The Hall–Kier alpha value is -2.40. The molecule has 0 aliphatic carbocycles. The molecule has 2 rings (SSSR count). The SMILES string of the molecule is CC(C)Oc1ccc(NCC#Cc2ccccc2)cc1. The lowest BCUT2D eigenvalue weighted by Gasteiger charge is -2.10. The highest BCUT2D eigenvalue weighted by Gasteiger charge is 1.96. The summed E-state index contributed by atoms with van der Waals surface area (Å²) in [7, 11) is 0. The van der Waals surface area contributed by atoms with E-state index in [0.29, 0.717) is 6.54 Å². The van der Waals surface area contributed by atoms with Crippen LogP contribution in [0, 0.1) is 11.8 Å². The topological polar surface area (TPSA) is 21.3 Å². The number of rotatable bonds is 4. The Morgan fingerprint density at radius 2 is 1.70 bits per heavy atom. The molecule has 2 aromatic carbocycles. The Kier molecular flexibility index (Phi) is 5.08. The maximum Gasteiger partial charge on any atom is 0.119 e. The molecule has 0 radical (unpaired) electrons. The first kappa shape index (κ1) is 14.0. The van der Waals surface area contributed by atoms with Gasteiger partial charge in [0.1, 0.15) is 5.75 Å². The van der Waals surface area contributed by atoms with Crippen LogP contribution in [0.4, 0.5) is 5.69 Å². The van der Waals surface area contributed by atoms with Gasteiger partial charge in [0.25, 0.3) is 0 Å². The van der Waals surface area contributed by atoms with E-state index in [-0.39, 0.29) is 6.10 Å². The van der Waals surface area contributed by atoms with Crippen LogP contribution in [0.3, 0.4) is 0 Å². The van der Waals surface area contributed by atoms with E-state index >= 15 is 0 Å². The molecule has 0 atom stereocenters. The van der Waals surface area contributed by atoms with Crippen molar-refractivity contribution in [3.8, 4) is 17.6 Å². The molecule has 0 saturated heterocycles. The zero-order valence-electron chi connectivity index (χ0n) is 11.9. The first-order valence-corrected chi connectivity index (χ1v) is 6.78. The molecule has 102 valence electrons. The van der Waals surface area contributed by atoms with Crippen LogP contribution < -0.4 is 10.1 Å². The van der Waals surface area contributed by atoms with Crippen LogP contribution in [0.5, 0.6) is 5.75 Å². The van der Waals surface area contributed by atoms with Crippen molar-refractivity contribution in [1.29, 1.82) is 0 Å². The summed E-state index contributed by atoms with van der Waals surface area (Å²) < 4.78 is 5.60. The molecule has 0 amide bonds. The zero-order valence-corrected chi connectivity index (χ0v) is 11.9. The second-order valence-corrected chi connectivity index (χ2v) is 4.71. The van der Waals surface area contributed by atoms with Gasteiger partial charge in [0.2, 0.25) is 0 Å². The average Bonchev–Trinajstić information content (AvgIpc) is 2.46. The second-order valence-electron chi connectivity index (χ2n) is 4.71. The van der Waals surface area contributed by atoms with Gasteiger partial charge in [-0.15, -0.1) is 0 Å². The van der Waals surface area contributed by atoms with Gasteiger partial charge in [-0.2, -0.15) is 0 Å². The molecule has 0 aliphatic heterocycles. The first-order chi connectivity index (χ1) is 9.74. The summed E-state index contributed by atoms with van der Waals surface area (Å²) >= 11 is 0. The Labute approximate surface area is 120 Å². The van der Waals surface area contributed by atoms with Crippen molar-refractivity contribution in [2.24, 2.45) is 0 Å². The molecule has 2 nitrogen and oxygen atoms in total. The third-order valence-corrected chi connectivity index (χ3v) is 2.61. The smallest absolute Gasteiger partial charge is 0.119 e. The largest absolute Gasteiger partial charge is 0.491 e. The Bertz CT molecular complexity index is 576. The minimum atomic E-state index is 0.200. The minimum absolute atomic E-state index is 0.200. The van der Waals surface area contributed by atoms with E-state index in [2.05, 4.69) is 17.2 Å². The monoisotopic (exact) mass is 265 g/mol. The lowest BCUT2D eigenvalue weighted by Crippen LogP contribution is -2.05. The molecule has 0 unspecified atom stereocenters. The van der Waals surface area contributed by atoms with Crippen molar-refractivity contribution in [2.75, 3.05) is 11.9 Å². The Balaban J connectivity index is 1.84. The van der Waals surface area contributed by atoms with Gasteiger partial charge in [-0.1, -0.05) is 30.0 Å². The number of ether oxygens (including phenoxy) is 1. The Morgan fingerprint density at radius 1 is 1.00 bits per heavy atom. The van der Waals surface area contributed by atoms with Crippen LogP contribution >= 0.6 is 0 Å².